The summed E-state index contributed by atoms with van der Waals surface area (Å²) in [5.74, 6) is 0.343. The van der Waals surface area contributed by atoms with Gasteiger partial charge < -0.3 is 10.5 Å². The summed E-state index contributed by atoms with van der Waals surface area (Å²) < 4.78 is 19.7. The number of hydrogen-bond donors (Lipinski definition) is 1. The second-order valence-corrected chi connectivity index (χ2v) is 4.51. The van der Waals surface area contributed by atoms with Crippen LogP contribution in [0.2, 0.25) is 0 Å². The summed E-state index contributed by atoms with van der Waals surface area (Å²) >= 11 is 3.20. The summed E-state index contributed by atoms with van der Waals surface area (Å²) in [5, 5.41) is 0. The first-order chi connectivity index (χ1) is 8.15. The van der Waals surface area contributed by atoms with Gasteiger partial charge in [-0.3, -0.25) is 0 Å². The quantitative estimate of drug-likeness (QED) is 0.875. The lowest BCUT2D eigenvalue weighted by Gasteiger charge is -2.07. The lowest BCUT2D eigenvalue weighted by molar-refractivity contribution is 0.300. The monoisotopic (exact) mass is 295 g/mol. The highest BCUT2D eigenvalue weighted by Gasteiger charge is 2.03. The molecule has 2 aromatic rings. The molecule has 0 bridgehead atoms. The van der Waals surface area contributed by atoms with Crippen molar-refractivity contribution in [3.63, 3.8) is 0 Å². The summed E-state index contributed by atoms with van der Waals surface area (Å²) in [4.78, 5) is 0. The van der Waals surface area contributed by atoms with Gasteiger partial charge in [0, 0.05) is 21.8 Å². The zero-order valence-corrected chi connectivity index (χ0v) is 10.6. The average molecular weight is 296 g/mol. The third-order valence-corrected chi connectivity index (χ3v) is 2.76. The number of halogens is 2. The largest absolute Gasteiger partial charge is 0.489 e. The van der Waals surface area contributed by atoms with Crippen molar-refractivity contribution >= 4 is 21.6 Å². The first-order valence-corrected chi connectivity index (χ1v) is 5.87. The van der Waals surface area contributed by atoms with Crippen molar-refractivity contribution in [2.24, 2.45) is 0 Å². The molecule has 0 atom stereocenters. The molecule has 0 radical (unpaired) electrons. The predicted molar refractivity (Wildman–Crippen MR) is 69.3 cm³/mol. The van der Waals surface area contributed by atoms with Gasteiger partial charge in [-0.05, 0) is 24.3 Å². The molecule has 0 spiro atoms. The summed E-state index contributed by atoms with van der Waals surface area (Å²) in [6, 6.07) is 11.9. The molecule has 0 aromatic heterocycles. The van der Waals surface area contributed by atoms with E-state index >= 15 is 0 Å². The number of benzene rings is 2. The van der Waals surface area contributed by atoms with Crippen molar-refractivity contribution in [1.82, 2.24) is 0 Å². The van der Waals surface area contributed by atoms with Gasteiger partial charge in [0.15, 0.2) is 0 Å². The van der Waals surface area contributed by atoms with E-state index in [1.54, 1.807) is 36.4 Å². The van der Waals surface area contributed by atoms with Gasteiger partial charge >= 0.3 is 0 Å². The van der Waals surface area contributed by atoms with Crippen molar-refractivity contribution < 1.29 is 9.13 Å². The number of nitrogen functional groups attached to an aromatic ring is 1. The molecular formula is C13H11BrFNO. The van der Waals surface area contributed by atoms with Crippen LogP contribution < -0.4 is 10.5 Å². The molecular weight excluding hydrogens is 285 g/mol. The fraction of sp³-hybridized carbons (Fsp3) is 0.0769. The second-order valence-electron chi connectivity index (χ2n) is 3.60. The first kappa shape index (κ1) is 11.9. The van der Waals surface area contributed by atoms with Crippen LogP contribution >= 0.6 is 15.9 Å². The fourth-order valence-electron chi connectivity index (χ4n) is 1.40. The van der Waals surface area contributed by atoms with Crippen molar-refractivity contribution in [2.75, 3.05) is 5.73 Å². The van der Waals surface area contributed by atoms with Gasteiger partial charge in [-0.25, -0.2) is 4.39 Å². The SMILES string of the molecule is Nc1cccc(OCc2ccc(Br)cc2F)c1. The third kappa shape index (κ3) is 3.20. The number of nitrogens with two attached hydrogens (primary N) is 1. The molecule has 0 heterocycles. The molecule has 0 fully saturated rings. The zero-order valence-electron chi connectivity index (χ0n) is 8.99. The van der Waals surface area contributed by atoms with Crippen molar-refractivity contribution in [1.29, 1.82) is 0 Å². The summed E-state index contributed by atoms with van der Waals surface area (Å²) in [6.07, 6.45) is 0. The molecule has 17 heavy (non-hydrogen) atoms. The van der Waals surface area contributed by atoms with Crippen molar-refractivity contribution in [2.45, 2.75) is 6.61 Å². The minimum atomic E-state index is -0.289. The van der Waals surface area contributed by atoms with E-state index < -0.39 is 0 Å². The molecule has 2 N–H and O–H groups in total. The van der Waals surface area contributed by atoms with Crippen molar-refractivity contribution in [3.05, 3.63) is 58.3 Å². The summed E-state index contributed by atoms with van der Waals surface area (Å²) in [5.41, 5.74) is 6.75. The summed E-state index contributed by atoms with van der Waals surface area (Å²) in [7, 11) is 0. The molecule has 2 rings (SSSR count). The molecule has 0 unspecified atom stereocenters. The Morgan fingerprint density at radius 1 is 1.18 bits per heavy atom. The molecule has 0 saturated carbocycles. The normalized spacial score (nSPS) is 10.2. The molecule has 0 aliphatic rings. The minimum absolute atomic E-state index is 0.183. The third-order valence-electron chi connectivity index (χ3n) is 2.27. The maximum Gasteiger partial charge on any atom is 0.130 e. The van der Waals surface area contributed by atoms with Crippen LogP contribution in [0.1, 0.15) is 5.56 Å². The maximum atomic E-state index is 13.5. The van der Waals surface area contributed by atoms with Gasteiger partial charge in [-0.15, -0.1) is 0 Å². The van der Waals surface area contributed by atoms with E-state index in [9.17, 15) is 4.39 Å². The maximum absolute atomic E-state index is 13.5. The molecule has 0 aliphatic heterocycles. The predicted octanol–water partition coefficient (Wildman–Crippen LogP) is 3.75. The van der Waals surface area contributed by atoms with Crippen LogP contribution in [0.4, 0.5) is 10.1 Å². The lowest BCUT2D eigenvalue weighted by Crippen LogP contribution is -1.98. The molecule has 2 nitrogen and oxygen atoms in total. The van der Waals surface area contributed by atoms with Crippen LogP contribution in [0.25, 0.3) is 0 Å². The van der Waals surface area contributed by atoms with Crippen LogP contribution in [0.5, 0.6) is 5.75 Å². The van der Waals surface area contributed by atoms with Gasteiger partial charge in [0.25, 0.3) is 0 Å². The van der Waals surface area contributed by atoms with Gasteiger partial charge in [0.1, 0.15) is 18.2 Å². The van der Waals surface area contributed by atoms with Crippen LogP contribution in [-0.2, 0) is 6.61 Å². The molecule has 88 valence electrons. The van der Waals surface area contributed by atoms with E-state index in [-0.39, 0.29) is 12.4 Å². The highest BCUT2D eigenvalue weighted by molar-refractivity contribution is 9.10. The van der Waals surface area contributed by atoms with Gasteiger partial charge in [-0.1, -0.05) is 28.1 Å². The molecule has 2 aromatic carbocycles. The van der Waals surface area contributed by atoms with Crippen LogP contribution in [0.3, 0.4) is 0 Å². The van der Waals surface area contributed by atoms with Crippen LogP contribution in [0.15, 0.2) is 46.9 Å². The number of hydrogen-bond acceptors (Lipinski definition) is 2. The summed E-state index contributed by atoms with van der Waals surface area (Å²) in [6.45, 7) is 0.183. The van der Waals surface area contributed by atoms with Gasteiger partial charge in [0.2, 0.25) is 0 Å². The lowest BCUT2D eigenvalue weighted by atomic mass is 10.2. The van der Waals surface area contributed by atoms with Crippen molar-refractivity contribution in [3.8, 4) is 5.75 Å². The van der Waals surface area contributed by atoms with E-state index in [2.05, 4.69) is 15.9 Å². The molecule has 0 aliphatic carbocycles. The Balaban J connectivity index is 2.07. The van der Waals surface area contributed by atoms with E-state index in [4.69, 9.17) is 10.5 Å². The fourth-order valence-corrected chi connectivity index (χ4v) is 1.74. The topological polar surface area (TPSA) is 35.2 Å². The number of anilines is 1. The highest BCUT2D eigenvalue weighted by Crippen LogP contribution is 2.19. The van der Waals surface area contributed by atoms with Gasteiger partial charge in [-0.2, -0.15) is 0 Å². The van der Waals surface area contributed by atoms with E-state index in [1.807, 2.05) is 0 Å². The second kappa shape index (κ2) is 5.19. The minimum Gasteiger partial charge on any atom is -0.489 e. The molecule has 0 saturated heterocycles. The smallest absolute Gasteiger partial charge is 0.130 e. The highest BCUT2D eigenvalue weighted by atomic mass is 79.9. The average Bonchev–Trinajstić information content (AvgIpc) is 2.28. The zero-order chi connectivity index (χ0) is 12.3. The van der Waals surface area contributed by atoms with Gasteiger partial charge in [0.05, 0.1) is 0 Å². The van der Waals surface area contributed by atoms with Crippen LogP contribution in [0, 0.1) is 5.82 Å². The Bertz CT molecular complexity index is 531. The molecule has 0 amide bonds. The Kier molecular flexibility index (Phi) is 3.64. The Hall–Kier alpha value is -1.55. The number of ether oxygens (including phenoxy) is 1. The Morgan fingerprint density at radius 3 is 2.71 bits per heavy atom. The Labute approximate surface area is 107 Å². The first-order valence-electron chi connectivity index (χ1n) is 5.07. The Morgan fingerprint density at radius 2 is 2.00 bits per heavy atom. The molecule has 4 heteroatoms. The number of rotatable bonds is 3. The van der Waals surface area contributed by atoms with E-state index in [1.165, 1.54) is 6.07 Å². The van der Waals surface area contributed by atoms with E-state index in [0.29, 0.717) is 21.5 Å². The van der Waals surface area contributed by atoms with E-state index in [0.717, 1.165) is 0 Å². The standard InChI is InChI=1S/C13H11BrFNO/c14-10-5-4-9(13(15)6-10)8-17-12-3-1-2-11(16)7-12/h1-7H,8,16H2. The van der Waals surface area contributed by atoms with Crippen LogP contribution in [-0.4, -0.2) is 0 Å².